The maximum atomic E-state index is 12.2. The van der Waals surface area contributed by atoms with Crippen molar-refractivity contribution in [2.24, 2.45) is 12.8 Å². The second-order valence-electron chi connectivity index (χ2n) is 5.30. The van der Waals surface area contributed by atoms with Crippen LogP contribution in [-0.4, -0.2) is 28.3 Å². The maximum Gasteiger partial charge on any atom is 0.335 e. The number of nitrogens with two attached hydrogens (primary N) is 1. The lowest BCUT2D eigenvalue weighted by atomic mass is 10.1. The molecule has 2 N–H and O–H groups in total. The van der Waals surface area contributed by atoms with Crippen LogP contribution in [0.2, 0.25) is 0 Å². The normalized spacial score (nSPS) is 12.0. The summed E-state index contributed by atoms with van der Waals surface area (Å²) in [6.45, 7) is 1.70. The Morgan fingerprint density at radius 3 is 2.43 bits per heavy atom. The largest absolute Gasteiger partial charge is 0.468 e. The van der Waals surface area contributed by atoms with Gasteiger partial charge >= 0.3 is 11.7 Å². The molecule has 122 valence electrons. The van der Waals surface area contributed by atoms with E-state index in [0.29, 0.717) is 17.8 Å². The number of esters is 1. The van der Waals surface area contributed by atoms with E-state index in [-0.39, 0.29) is 5.56 Å². The number of rotatable bonds is 4. The number of aryl methyl sites for hydroxylation is 1. The third kappa shape index (κ3) is 3.40. The Kier molecular flexibility index (Phi) is 4.80. The highest BCUT2D eigenvalue weighted by molar-refractivity contribution is 5.75. The molecule has 0 amide bonds. The number of hydrogen-bond acceptors (Lipinski definition) is 5. The van der Waals surface area contributed by atoms with E-state index in [1.54, 1.807) is 38.2 Å². The molecular formula is C16H19N3O4. The Bertz CT molecular complexity index is 834. The highest BCUT2D eigenvalue weighted by atomic mass is 16.5. The van der Waals surface area contributed by atoms with Gasteiger partial charge in [-0.25, -0.2) is 9.36 Å². The Morgan fingerprint density at radius 1 is 1.26 bits per heavy atom. The van der Waals surface area contributed by atoms with Gasteiger partial charge < -0.3 is 15.0 Å². The Labute approximate surface area is 132 Å². The maximum absolute atomic E-state index is 12.2. The van der Waals surface area contributed by atoms with Gasteiger partial charge in [-0.1, -0.05) is 12.1 Å². The predicted octanol–water partition coefficient (Wildman–Crippen LogP) is -0.113. The SMILES string of the molecule is COC(=O)C(N)Cc1ccc(-n2c(=O)cc(C)n(C)c2=O)cc1. The molecule has 23 heavy (non-hydrogen) atoms. The molecule has 0 aliphatic carbocycles. The summed E-state index contributed by atoms with van der Waals surface area (Å²) in [5, 5.41) is 0. The van der Waals surface area contributed by atoms with Gasteiger partial charge in [0.1, 0.15) is 6.04 Å². The molecule has 7 nitrogen and oxygen atoms in total. The summed E-state index contributed by atoms with van der Waals surface area (Å²) in [5.41, 5.74) is 6.78. The number of nitrogens with zero attached hydrogens (tertiary/aromatic N) is 2. The predicted molar refractivity (Wildman–Crippen MR) is 85.7 cm³/mol. The number of ether oxygens (including phenoxy) is 1. The fraction of sp³-hybridized carbons (Fsp3) is 0.312. The molecular weight excluding hydrogens is 298 g/mol. The van der Waals surface area contributed by atoms with Crippen molar-refractivity contribution < 1.29 is 9.53 Å². The lowest BCUT2D eigenvalue weighted by Crippen LogP contribution is -2.38. The van der Waals surface area contributed by atoms with Gasteiger partial charge in [-0.15, -0.1) is 0 Å². The first-order valence-corrected chi connectivity index (χ1v) is 7.07. The van der Waals surface area contributed by atoms with E-state index >= 15 is 0 Å². The Morgan fingerprint density at radius 2 is 1.87 bits per heavy atom. The zero-order valence-electron chi connectivity index (χ0n) is 13.3. The van der Waals surface area contributed by atoms with Crippen molar-refractivity contribution in [2.75, 3.05) is 7.11 Å². The number of aromatic nitrogens is 2. The molecule has 0 radical (unpaired) electrons. The van der Waals surface area contributed by atoms with Gasteiger partial charge in [0, 0.05) is 18.8 Å². The molecule has 0 fully saturated rings. The highest BCUT2D eigenvalue weighted by Gasteiger charge is 2.14. The molecule has 0 bridgehead atoms. The standard InChI is InChI=1S/C16H19N3O4/c1-10-8-14(20)19(16(22)18(10)2)12-6-4-11(5-7-12)9-13(17)15(21)23-3/h4-8,13H,9,17H2,1-3H3. The summed E-state index contributed by atoms with van der Waals surface area (Å²) in [6.07, 6.45) is 0.313. The summed E-state index contributed by atoms with van der Waals surface area (Å²) in [6, 6.07) is 7.41. The lowest BCUT2D eigenvalue weighted by molar-refractivity contribution is -0.142. The highest BCUT2D eigenvalue weighted by Crippen LogP contribution is 2.09. The van der Waals surface area contributed by atoms with Crippen molar-refractivity contribution in [3.8, 4) is 5.69 Å². The van der Waals surface area contributed by atoms with Gasteiger partial charge in [0.2, 0.25) is 0 Å². The molecule has 2 rings (SSSR count). The quantitative estimate of drug-likeness (QED) is 0.794. The van der Waals surface area contributed by atoms with Crippen molar-refractivity contribution >= 4 is 5.97 Å². The van der Waals surface area contributed by atoms with Crippen molar-refractivity contribution in [1.29, 1.82) is 0 Å². The van der Waals surface area contributed by atoms with Crippen LogP contribution in [0, 0.1) is 6.92 Å². The Balaban J connectivity index is 2.35. The number of methoxy groups -OCH3 is 1. The van der Waals surface area contributed by atoms with E-state index in [1.165, 1.54) is 17.7 Å². The molecule has 0 aliphatic rings. The van der Waals surface area contributed by atoms with Crippen LogP contribution in [0.5, 0.6) is 0 Å². The first-order chi connectivity index (χ1) is 10.8. The van der Waals surface area contributed by atoms with Gasteiger partial charge in [0.25, 0.3) is 5.56 Å². The first kappa shape index (κ1) is 16.7. The molecule has 2 aromatic rings. The number of carbonyl (C=O) groups excluding carboxylic acids is 1. The van der Waals surface area contributed by atoms with E-state index in [9.17, 15) is 14.4 Å². The molecule has 1 heterocycles. The lowest BCUT2D eigenvalue weighted by Gasteiger charge is -2.11. The minimum absolute atomic E-state index is 0.313. The second kappa shape index (κ2) is 6.62. The molecule has 1 aromatic carbocycles. The smallest absolute Gasteiger partial charge is 0.335 e. The summed E-state index contributed by atoms with van der Waals surface area (Å²) >= 11 is 0. The van der Waals surface area contributed by atoms with Gasteiger partial charge in [-0.2, -0.15) is 0 Å². The molecule has 7 heteroatoms. The molecule has 1 aromatic heterocycles. The van der Waals surface area contributed by atoms with E-state index < -0.39 is 17.7 Å². The van der Waals surface area contributed by atoms with Crippen LogP contribution in [0.25, 0.3) is 5.69 Å². The van der Waals surface area contributed by atoms with Crippen LogP contribution in [0.15, 0.2) is 39.9 Å². The average molecular weight is 317 g/mol. The van der Waals surface area contributed by atoms with E-state index in [2.05, 4.69) is 4.74 Å². The topological polar surface area (TPSA) is 96.3 Å². The fourth-order valence-corrected chi connectivity index (χ4v) is 2.24. The second-order valence-corrected chi connectivity index (χ2v) is 5.30. The third-order valence-electron chi connectivity index (χ3n) is 3.71. The number of carbonyl (C=O) groups is 1. The van der Waals surface area contributed by atoms with Crippen LogP contribution in [0.3, 0.4) is 0 Å². The molecule has 1 atom stereocenters. The van der Waals surface area contributed by atoms with Crippen molar-refractivity contribution in [1.82, 2.24) is 9.13 Å². The number of hydrogen-bond donors (Lipinski definition) is 1. The van der Waals surface area contributed by atoms with Crippen LogP contribution in [-0.2, 0) is 23.0 Å². The van der Waals surface area contributed by atoms with E-state index in [1.807, 2.05) is 0 Å². The molecule has 0 aliphatic heterocycles. The zero-order valence-corrected chi connectivity index (χ0v) is 13.3. The summed E-state index contributed by atoms with van der Waals surface area (Å²) in [4.78, 5) is 35.6. The van der Waals surface area contributed by atoms with Gasteiger partial charge in [0.05, 0.1) is 12.8 Å². The van der Waals surface area contributed by atoms with E-state index in [0.717, 1.165) is 10.1 Å². The summed E-state index contributed by atoms with van der Waals surface area (Å²) in [5.74, 6) is -0.488. The Hall–Kier alpha value is -2.67. The minimum atomic E-state index is -0.749. The molecule has 1 unspecified atom stereocenters. The van der Waals surface area contributed by atoms with Crippen LogP contribution < -0.4 is 17.0 Å². The third-order valence-corrected chi connectivity index (χ3v) is 3.71. The van der Waals surface area contributed by atoms with Crippen LogP contribution in [0.4, 0.5) is 0 Å². The van der Waals surface area contributed by atoms with Gasteiger partial charge in [0.15, 0.2) is 0 Å². The van der Waals surface area contributed by atoms with Gasteiger partial charge in [-0.05, 0) is 31.0 Å². The van der Waals surface area contributed by atoms with Crippen molar-refractivity contribution in [3.63, 3.8) is 0 Å². The summed E-state index contributed by atoms with van der Waals surface area (Å²) < 4.78 is 7.08. The average Bonchev–Trinajstić information content (AvgIpc) is 2.53. The summed E-state index contributed by atoms with van der Waals surface area (Å²) in [7, 11) is 2.89. The monoisotopic (exact) mass is 317 g/mol. The van der Waals surface area contributed by atoms with Crippen LogP contribution >= 0.6 is 0 Å². The van der Waals surface area contributed by atoms with Gasteiger partial charge in [-0.3, -0.25) is 9.59 Å². The van der Waals surface area contributed by atoms with E-state index in [4.69, 9.17) is 5.73 Å². The minimum Gasteiger partial charge on any atom is -0.468 e. The van der Waals surface area contributed by atoms with Crippen molar-refractivity contribution in [3.05, 3.63) is 62.4 Å². The molecule has 0 spiro atoms. The zero-order chi connectivity index (χ0) is 17.1. The number of benzene rings is 1. The molecule has 0 saturated carbocycles. The van der Waals surface area contributed by atoms with Crippen LogP contribution in [0.1, 0.15) is 11.3 Å². The van der Waals surface area contributed by atoms with Crippen molar-refractivity contribution in [2.45, 2.75) is 19.4 Å². The molecule has 0 saturated heterocycles. The fourth-order valence-electron chi connectivity index (χ4n) is 2.24. The first-order valence-electron chi connectivity index (χ1n) is 7.07.